The lowest BCUT2D eigenvalue weighted by Crippen LogP contribution is -2.40. The normalized spacial score (nSPS) is 11.2. The maximum Gasteiger partial charge on any atom is 0.355 e. The summed E-state index contributed by atoms with van der Waals surface area (Å²) in [6, 6.07) is 1.06. The number of carbonyl (C=O) groups excluding carboxylic acids is 3. The molecule has 184 valence electrons. The number of hydrogen-bond acceptors (Lipinski definition) is 11. The molecule has 2 heterocycles. The molecule has 0 atom stereocenters. The molecule has 0 fully saturated rings. The summed E-state index contributed by atoms with van der Waals surface area (Å²) in [5, 5.41) is 7.73. The summed E-state index contributed by atoms with van der Waals surface area (Å²) in [5.74, 6) is -2.22. The van der Waals surface area contributed by atoms with Gasteiger partial charge < -0.3 is 18.9 Å². The van der Waals surface area contributed by atoms with Crippen molar-refractivity contribution in [2.75, 3.05) is 26.4 Å². The van der Waals surface area contributed by atoms with Gasteiger partial charge in [0.05, 0.1) is 38.6 Å². The van der Waals surface area contributed by atoms with E-state index in [1.165, 1.54) is 17.8 Å². The second-order valence-electron chi connectivity index (χ2n) is 6.52. The van der Waals surface area contributed by atoms with E-state index in [4.69, 9.17) is 18.9 Å². The molecule has 0 amide bonds. The van der Waals surface area contributed by atoms with Crippen LogP contribution in [-0.2, 0) is 46.6 Å². The van der Waals surface area contributed by atoms with Gasteiger partial charge in [0.25, 0.3) is 5.56 Å². The number of rotatable bonds is 12. The molecule has 14 nitrogen and oxygen atoms in total. The Hall–Kier alpha value is -4.07. The first-order chi connectivity index (χ1) is 16.3. The van der Waals surface area contributed by atoms with Crippen molar-refractivity contribution in [3.05, 3.63) is 51.1 Å². The number of carbonyl (C=O) groups is 3. The van der Waals surface area contributed by atoms with Gasteiger partial charge in [0.2, 0.25) is 0 Å². The Morgan fingerprint density at radius 3 is 2.47 bits per heavy atom. The van der Waals surface area contributed by atoms with Crippen molar-refractivity contribution in [1.82, 2.24) is 24.1 Å². The molecule has 0 aliphatic rings. The van der Waals surface area contributed by atoms with Gasteiger partial charge in [-0.15, -0.1) is 5.10 Å². The monoisotopic (exact) mass is 479 g/mol. The summed E-state index contributed by atoms with van der Waals surface area (Å²) in [6.07, 6.45) is 3.34. The Labute approximate surface area is 193 Å². The highest BCUT2D eigenvalue weighted by atomic mass is 16.6. The predicted molar refractivity (Wildman–Crippen MR) is 114 cm³/mol. The van der Waals surface area contributed by atoms with Crippen molar-refractivity contribution in [3.8, 4) is 0 Å². The predicted octanol–water partition coefficient (Wildman–Crippen LogP) is -0.846. The largest absolute Gasteiger partial charge is 0.463 e. The van der Waals surface area contributed by atoms with Crippen molar-refractivity contribution in [3.63, 3.8) is 0 Å². The van der Waals surface area contributed by atoms with E-state index in [0.717, 1.165) is 27.5 Å². The smallest absolute Gasteiger partial charge is 0.355 e. The van der Waals surface area contributed by atoms with Crippen LogP contribution in [0.1, 0.15) is 26.5 Å². The average molecular weight is 479 g/mol. The minimum absolute atomic E-state index is 0.000554. The SMILES string of the molecule is CCOC(=O)/C=C(\C(=O)OCC)n1ccc(=O)n(Cc2cn(COCCOC(C)=O)nn2)c1=O. The summed E-state index contributed by atoms with van der Waals surface area (Å²) in [7, 11) is 0. The van der Waals surface area contributed by atoms with E-state index in [9.17, 15) is 24.0 Å². The average Bonchev–Trinajstić information content (AvgIpc) is 3.23. The van der Waals surface area contributed by atoms with E-state index in [2.05, 4.69) is 10.3 Å². The molecule has 0 saturated carbocycles. The molecule has 0 radical (unpaired) electrons. The maximum atomic E-state index is 13.0. The first-order valence-corrected chi connectivity index (χ1v) is 10.2. The molecule has 0 aromatic carbocycles. The topological polar surface area (TPSA) is 163 Å². The summed E-state index contributed by atoms with van der Waals surface area (Å²) in [4.78, 5) is 60.3. The first-order valence-electron chi connectivity index (χ1n) is 10.2. The van der Waals surface area contributed by atoms with E-state index in [1.807, 2.05) is 0 Å². The molecule has 0 unspecified atom stereocenters. The van der Waals surface area contributed by atoms with Crippen LogP contribution in [0.2, 0.25) is 0 Å². The number of hydrogen-bond donors (Lipinski definition) is 0. The van der Waals surface area contributed by atoms with Crippen LogP contribution < -0.4 is 11.2 Å². The molecule has 2 aromatic heterocycles. The highest BCUT2D eigenvalue weighted by Crippen LogP contribution is 2.05. The van der Waals surface area contributed by atoms with Gasteiger partial charge >= 0.3 is 23.6 Å². The van der Waals surface area contributed by atoms with Gasteiger partial charge in [-0.25, -0.2) is 19.1 Å². The first kappa shape index (κ1) is 26.2. The minimum Gasteiger partial charge on any atom is -0.463 e. The lowest BCUT2D eigenvalue weighted by molar-refractivity contribution is -0.143. The third-order valence-corrected chi connectivity index (χ3v) is 4.02. The molecule has 0 bridgehead atoms. The minimum atomic E-state index is -0.945. The number of aromatic nitrogens is 5. The van der Waals surface area contributed by atoms with Crippen molar-refractivity contribution in [2.24, 2.45) is 0 Å². The molecule has 0 spiro atoms. The van der Waals surface area contributed by atoms with E-state index >= 15 is 0 Å². The van der Waals surface area contributed by atoms with Crippen LogP contribution >= 0.6 is 0 Å². The van der Waals surface area contributed by atoms with Gasteiger partial charge in [-0.3, -0.25) is 18.7 Å². The van der Waals surface area contributed by atoms with Gasteiger partial charge in [0.1, 0.15) is 24.7 Å². The van der Waals surface area contributed by atoms with Crippen LogP contribution in [0.5, 0.6) is 0 Å². The van der Waals surface area contributed by atoms with Crippen LogP contribution in [0, 0.1) is 0 Å². The summed E-state index contributed by atoms with van der Waals surface area (Å²) < 4.78 is 22.7. The van der Waals surface area contributed by atoms with Gasteiger partial charge in [0, 0.05) is 19.2 Å². The Balaban J connectivity index is 2.25. The van der Waals surface area contributed by atoms with Crippen LogP contribution in [0.15, 0.2) is 34.1 Å². The third kappa shape index (κ3) is 7.51. The summed E-state index contributed by atoms with van der Waals surface area (Å²) >= 11 is 0. The van der Waals surface area contributed by atoms with Crippen LogP contribution in [0.4, 0.5) is 0 Å². The van der Waals surface area contributed by atoms with Crippen LogP contribution in [0.25, 0.3) is 5.70 Å². The number of ether oxygens (including phenoxy) is 4. The lowest BCUT2D eigenvalue weighted by Gasteiger charge is -2.11. The third-order valence-electron chi connectivity index (χ3n) is 4.02. The van der Waals surface area contributed by atoms with Crippen molar-refractivity contribution < 1.29 is 33.3 Å². The van der Waals surface area contributed by atoms with Crippen molar-refractivity contribution in [2.45, 2.75) is 34.0 Å². The summed E-state index contributed by atoms with van der Waals surface area (Å²) in [5.41, 5.74) is -1.72. The zero-order valence-electron chi connectivity index (χ0n) is 19.0. The van der Waals surface area contributed by atoms with E-state index < -0.39 is 34.9 Å². The van der Waals surface area contributed by atoms with Crippen LogP contribution in [0.3, 0.4) is 0 Å². The van der Waals surface area contributed by atoms with E-state index in [0.29, 0.717) is 0 Å². The molecule has 0 aliphatic carbocycles. The second kappa shape index (κ2) is 12.8. The van der Waals surface area contributed by atoms with Crippen molar-refractivity contribution >= 4 is 23.6 Å². The van der Waals surface area contributed by atoms with E-state index in [1.54, 1.807) is 13.8 Å². The highest BCUT2D eigenvalue weighted by molar-refractivity contribution is 6.14. The number of esters is 3. The van der Waals surface area contributed by atoms with E-state index in [-0.39, 0.29) is 45.4 Å². The molecule has 34 heavy (non-hydrogen) atoms. The Bertz CT molecular complexity index is 1160. The zero-order chi connectivity index (χ0) is 25.1. The molecule has 0 saturated heterocycles. The molecule has 0 aliphatic heterocycles. The zero-order valence-corrected chi connectivity index (χ0v) is 19.0. The molecular weight excluding hydrogens is 454 g/mol. The fraction of sp³-hybridized carbons (Fsp3) is 0.450. The standard InChI is InChI=1S/C20H25N5O9/c1-4-32-18(28)10-16(19(29)33-5-2)24-7-6-17(27)25(20(24)30)12-15-11-23(22-21-15)13-31-8-9-34-14(3)26/h6-7,10-11H,4-5,8-9,12-13H2,1-3H3/b16-10+. The van der Waals surface area contributed by atoms with Gasteiger partial charge in [-0.05, 0) is 13.8 Å². The molecule has 14 heteroatoms. The fourth-order valence-electron chi connectivity index (χ4n) is 2.61. The fourth-order valence-corrected chi connectivity index (χ4v) is 2.61. The quantitative estimate of drug-likeness (QED) is 0.161. The summed E-state index contributed by atoms with van der Waals surface area (Å²) in [6.45, 7) is 4.44. The van der Waals surface area contributed by atoms with Crippen LogP contribution in [-0.4, -0.2) is 68.5 Å². The molecule has 2 aromatic rings. The Kier molecular flexibility index (Phi) is 9.89. The highest BCUT2D eigenvalue weighted by Gasteiger charge is 2.19. The number of nitrogens with zero attached hydrogens (tertiary/aromatic N) is 5. The van der Waals surface area contributed by atoms with Gasteiger partial charge in [0.15, 0.2) is 0 Å². The lowest BCUT2D eigenvalue weighted by atomic mass is 10.3. The molecule has 2 rings (SSSR count). The van der Waals surface area contributed by atoms with Crippen molar-refractivity contribution in [1.29, 1.82) is 0 Å². The molecule has 0 N–H and O–H groups in total. The van der Waals surface area contributed by atoms with Gasteiger partial charge in [-0.2, -0.15) is 0 Å². The molecular formula is C20H25N5O9. The Morgan fingerprint density at radius 1 is 1.06 bits per heavy atom. The van der Waals surface area contributed by atoms with Gasteiger partial charge in [-0.1, -0.05) is 5.21 Å². The second-order valence-corrected chi connectivity index (χ2v) is 6.52. The Morgan fingerprint density at radius 2 is 1.79 bits per heavy atom. The maximum absolute atomic E-state index is 13.0.